The standard InChI is InChI=1S/C9H9BO3/c1-2-7-6-13-10-9(7)8(3-1)11-4-5-12-10/h1-3H,4-6H2. The van der Waals surface area contributed by atoms with Gasteiger partial charge < -0.3 is 14.0 Å². The Morgan fingerprint density at radius 2 is 2.15 bits per heavy atom. The van der Waals surface area contributed by atoms with Crippen molar-refractivity contribution in [1.82, 2.24) is 0 Å². The molecule has 0 saturated heterocycles. The van der Waals surface area contributed by atoms with Crippen molar-refractivity contribution in [2.24, 2.45) is 0 Å². The summed E-state index contributed by atoms with van der Waals surface area (Å²) in [6, 6.07) is 6.01. The highest BCUT2D eigenvalue weighted by Crippen LogP contribution is 2.21. The molecule has 13 heavy (non-hydrogen) atoms. The van der Waals surface area contributed by atoms with Crippen molar-refractivity contribution < 1.29 is 14.0 Å². The Labute approximate surface area is 76.7 Å². The Morgan fingerprint density at radius 3 is 3.15 bits per heavy atom. The van der Waals surface area contributed by atoms with Crippen LogP contribution in [0, 0.1) is 0 Å². The first-order valence-corrected chi connectivity index (χ1v) is 4.43. The van der Waals surface area contributed by atoms with Crippen LogP contribution in [0.4, 0.5) is 0 Å². The molecule has 0 bridgehead atoms. The molecule has 3 rings (SSSR count). The summed E-state index contributed by atoms with van der Waals surface area (Å²) < 4.78 is 16.5. The molecular formula is C9H9BO3. The summed E-state index contributed by atoms with van der Waals surface area (Å²) >= 11 is 0. The average Bonchev–Trinajstić information content (AvgIpc) is 2.44. The summed E-state index contributed by atoms with van der Waals surface area (Å²) in [5.74, 6) is 0.914. The molecule has 2 aliphatic rings. The van der Waals surface area contributed by atoms with Crippen LogP contribution < -0.4 is 10.2 Å². The Kier molecular flexibility index (Phi) is 1.57. The van der Waals surface area contributed by atoms with Crippen molar-refractivity contribution in [2.75, 3.05) is 13.2 Å². The SMILES string of the molecule is c1cc2c3c(c1)OCCOB3OC2. The molecular weight excluding hydrogens is 167 g/mol. The predicted molar refractivity (Wildman–Crippen MR) is 48.1 cm³/mol. The van der Waals surface area contributed by atoms with Gasteiger partial charge >= 0.3 is 7.12 Å². The van der Waals surface area contributed by atoms with E-state index in [2.05, 4.69) is 6.07 Å². The Morgan fingerprint density at radius 1 is 1.15 bits per heavy atom. The average molecular weight is 176 g/mol. The first-order valence-electron chi connectivity index (χ1n) is 4.43. The van der Waals surface area contributed by atoms with E-state index in [1.165, 1.54) is 5.56 Å². The number of ether oxygens (including phenoxy) is 1. The Bertz CT molecular complexity index is 340. The van der Waals surface area contributed by atoms with Gasteiger partial charge in [0.25, 0.3) is 0 Å². The molecule has 0 unspecified atom stereocenters. The Balaban J connectivity index is 2.16. The summed E-state index contributed by atoms with van der Waals surface area (Å²) in [5, 5.41) is 0. The fourth-order valence-corrected chi connectivity index (χ4v) is 1.80. The molecule has 66 valence electrons. The summed E-state index contributed by atoms with van der Waals surface area (Å²) in [7, 11) is -0.200. The van der Waals surface area contributed by atoms with Crippen molar-refractivity contribution in [3.05, 3.63) is 23.8 Å². The molecule has 0 spiro atoms. The van der Waals surface area contributed by atoms with Crippen LogP contribution in [0.15, 0.2) is 18.2 Å². The first-order chi connectivity index (χ1) is 6.45. The van der Waals surface area contributed by atoms with Crippen LogP contribution in [0.5, 0.6) is 5.75 Å². The van der Waals surface area contributed by atoms with E-state index in [0.29, 0.717) is 19.8 Å². The first kappa shape index (κ1) is 7.41. The number of benzene rings is 1. The number of hydrogen-bond donors (Lipinski definition) is 0. The monoisotopic (exact) mass is 176 g/mol. The van der Waals surface area contributed by atoms with E-state index in [4.69, 9.17) is 14.0 Å². The fourth-order valence-electron chi connectivity index (χ4n) is 1.80. The van der Waals surface area contributed by atoms with E-state index in [1.54, 1.807) is 0 Å². The fraction of sp³-hybridized carbons (Fsp3) is 0.333. The van der Waals surface area contributed by atoms with Gasteiger partial charge in [0.2, 0.25) is 0 Å². The third-order valence-electron chi connectivity index (χ3n) is 2.39. The van der Waals surface area contributed by atoms with Crippen LogP contribution in [-0.2, 0) is 15.9 Å². The second kappa shape index (κ2) is 2.75. The largest absolute Gasteiger partial charge is 0.498 e. The van der Waals surface area contributed by atoms with Crippen LogP contribution in [0.1, 0.15) is 5.56 Å². The normalized spacial score (nSPS) is 19.2. The van der Waals surface area contributed by atoms with Gasteiger partial charge in [-0.05, 0) is 11.6 Å². The molecule has 1 aromatic carbocycles. The lowest BCUT2D eigenvalue weighted by atomic mass is 9.78. The molecule has 0 atom stereocenters. The van der Waals surface area contributed by atoms with Crippen LogP contribution >= 0.6 is 0 Å². The van der Waals surface area contributed by atoms with Crippen molar-refractivity contribution in [1.29, 1.82) is 0 Å². The quantitative estimate of drug-likeness (QED) is 0.532. The van der Waals surface area contributed by atoms with Gasteiger partial charge in [0.05, 0.1) is 13.2 Å². The summed E-state index contributed by atoms with van der Waals surface area (Å²) in [4.78, 5) is 0. The van der Waals surface area contributed by atoms with Crippen LogP contribution in [0.2, 0.25) is 0 Å². The lowest BCUT2D eigenvalue weighted by molar-refractivity contribution is 0.179. The molecule has 0 fully saturated rings. The minimum Gasteiger partial charge on any atom is -0.492 e. The molecule has 0 aromatic heterocycles. The second-order valence-corrected chi connectivity index (χ2v) is 3.19. The van der Waals surface area contributed by atoms with E-state index in [9.17, 15) is 0 Å². The number of hydrogen-bond acceptors (Lipinski definition) is 3. The van der Waals surface area contributed by atoms with Crippen molar-refractivity contribution in [3.8, 4) is 5.75 Å². The lowest BCUT2D eigenvalue weighted by Gasteiger charge is -2.05. The van der Waals surface area contributed by atoms with Gasteiger partial charge in [-0.2, -0.15) is 0 Å². The molecule has 2 aliphatic heterocycles. The van der Waals surface area contributed by atoms with Crippen molar-refractivity contribution >= 4 is 12.6 Å². The highest BCUT2D eigenvalue weighted by atomic mass is 16.6. The molecule has 0 radical (unpaired) electrons. The van der Waals surface area contributed by atoms with Gasteiger partial charge in [0.1, 0.15) is 12.4 Å². The van der Waals surface area contributed by atoms with Crippen LogP contribution in [0.3, 0.4) is 0 Å². The molecule has 2 heterocycles. The Hall–Kier alpha value is -0.995. The molecule has 0 aliphatic carbocycles. The topological polar surface area (TPSA) is 27.7 Å². The zero-order chi connectivity index (χ0) is 8.67. The summed E-state index contributed by atoms with van der Waals surface area (Å²) in [6.45, 7) is 1.84. The third kappa shape index (κ3) is 1.06. The molecule has 3 nitrogen and oxygen atoms in total. The molecule has 1 aromatic rings. The van der Waals surface area contributed by atoms with Gasteiger partial charge in [0.15, 0.2) is 0 Å². The maximum absolute atomic E-state index is 5.53. The smallest absolute Gasteiger partial charge is 0.492 e. The highest BCUT2D eigenvalue weighted by Gasteiger charge is 2.35. The molecule has 0 amide bonds. The third-order valence-corrected chi connectivity index (χ3v) is 2.39. The summed E-state index contributed by atoms with van der Waals surface area (Å²) in [5.41, 5.74) is 2.27. The van der Waals surface area contributed by atoms with Gasteiger partial charge in [-0.15, -0.1) is 0 Å². The van der Waals surface area contributed by atoms with Gasteiger partial charge in [-0.1, -0.05) is 12.1 Å². The molecule has 4 heteroatoms. The number of rotatable bonds is 0. The van der Waals surface area contributed by atoms with Gasteiger partial charge in [0, 0.05) is 5.46 Å². The lowest BCUT2D eigenvalue weighted by Crippen LogP contribution is -2.31. The van der Waals surface area contributed by atoms with E-state index >= 15 is 0 Å². The predicted octanol–water partition coefficient (Wildman–Crippen LogP) is 0.321. The minimum atomic E-state index is -0.200. The molecule has 0 N–H and O–H groups in total. The highest BCUT2D eigenvalue weighted by molar-refractivity contribution is 6.64. The zero-order valence-electron chi connectivity index (χ0n) is 7.16. The van der Waals surface area contributed by atoms with Gasteiger partial charge in [-0.3, -0.25) is 0 Å². The van der Waals surface area contributed by atoms with Crippen LogP contribution in [0.25, 0.3) is 0 Å². The zero-order valence-corrected chi connectivity index (χ0v) is 7.16. The maximum atomic E-state index is 5.53. The van der Waals surface area contributed by atoms with E-state index < -0.39 is 0 Å². The van der Waals surface area contributed by atoms with Crippen molar-refractivity contribution in [2.45, 2.75) is 6.61 Å². The van der Waals surface area contributed by atoms with E-state index in [0.717, 1.165) is 11.2 Å². The second-order valence-electron chi connectivity index (χ2n) is 3.19. The summed E-state index contributed by atoms with van der Waals surface area (Å²) in [6.07, 6.45) is 0. The van der Waals surface area contributed by atoms with Gasteiger partial charge in [-0.25, -0.2) is 0 Å². The van der Waals surface area contributed by atoms with E-state index in [-0.39, 0.29) is 7.12 Å². The van der Waals surface area contributed by atoms with Crippen LogP contribution in [-0.4, -0.2) is 20.3 Å². The minimum absolute atomic E-state index is 0.200. The van der Waals surface area contributed by atoms with E-state index in [1.807, 2.05) is 12.1 Å². The molecule has 0 saturated carbocycles. The van der Waals surface area contributed by atoms with Crippen molar-refractivity contribution in [3.63, 3.8) is 0 Å². The maximum Gasteiger partial charge on any atom is 0.498 e.